The van der Waals surface area contributed by atoms with E-state index in [1.165, 1.54) is 0 Å². The maximum absolute atomic E-state index is 10.3. The molecule has 1 N–H and O–H groups in total. The van der Waals surface area contributed by atoms with Gasteiger partial charge >= 0.3 is 0 Å². The van der Waals surface area contributed by atoms with Gasteiger partial charge < -0.3 is 9.67 Å². The largest absolute Gasteiger partial charge is 0.383 e. The summed E-state index contributed by atoms with van der Waals surface area (Å²) in [6, 6.07) is 7.54. The summed E-state index contributed by atoms with van der Waals surface area (Å²) in [5.74, 6) is 0.616. The molecule has 0 atom stereocenters. The lowest BCUT2D eigenvalue weighted by Crippen LogP contribution is -2.30. The highest BCUT2D eigenvalue weighted by atomic mass is 16.3. The van der Waals surface area contributed by atoms with Crippen molar-refractivity contribution in [1.29, 1.82) is 5.26 Å². The molecule has 0 bridgehead atoms. The molecule has 4 nitrogen and oxygen atoms in total. The molecule has 0 amide bonds. The van der Waals surface area contributed by atoms with E-state index in [-0.39, 0.29) is 5.54 Å². The van der Waals surface area contributed by atoms with E-state index in [9.17, 15) is 5.11 Å². The van der Waals surface area contributed by atoms with E-state index in [1.54, 1.807) is 26.0 Å². The van der Waals surface area contributed by atoms with Gasteiger partial charge in [0.15, 0.2) is 0 Å². The Morgan fingerprint density at radius 2 is 1.84 bits per heavy atom. The molecule has 100 valence electrons. The maximum atomic E-state index is 10.3. The number of rotatable bonds is 1. The third-order valence-electron chi connectivity index (χ3n) is 3.00. The van der Waals surface area contributed by atoms with E-state index in [1.807, 2.05) is 10.6 Å². The molecule has 2 aromatic rings. The lowest BCUT2D eigenvalue weighted by Gasteiger charge is -2.28. The Morgan fingerprint density at radius 1 is 1.21 bits per heavy atom. The zero-order chi connectivity index (χ0) is 14.4. The number of aromatic nitrogens is 2. The first kappa shape index (κ1) is 13.6. The first-order chi connectivity index (χ1) is 8.64. The predicted molar refractivity (Wildman–Crippen MR) is 74.7 cm³/mol. The lowest BCUT2D eigenvalue weighted by molar-refractivity contribution is 0.0608. The van der Waals surface area contributed by atoms with Crippen LogP contribution in [0.1, 0.15) is 46.0 Å². The summed E-state index contributed by atoms with van der Waals surface area (Å²) >= 11 is 0. The van der Waals surface area contributed by atoms with Crippen molar-refractivity contribution in [3.05, 3.63) is 29.6 Å². The molecule has 0 radical (unpaired) electrons. The van der Waals surface area contributed by atoms with Crippen molar-refractivity contribution in [2.75, 3.05) is 0 Å². The minimum Gasteiger partial charge on any atom is -0.383 e. The Kier molecular flexibility index (Phi) is 2.91. The molecule has 0 saturated heterocycles. The van der Waals surface area contributed by atoms with Gasteiger partial charge in [-0.3, -0.25) is 0 Å². The van der Waals surface area contributed by atoms with E-state index in [0.717, 1.165) is 11.0 Å². The summed E-state index contributed by atoms with van der Waals surface area (Å²) in [5.41, 5.74) is 1.03. The number of fused-ring (bicyclic) bond motifs is 1. The molecule has 0 saturated carbocycles. The molecule has 2 rings (SSSR count). The van der Waals surface area contributed by atoms with Crippen molar-refractivity contribution in [3.8, 4) is 6.07 Å². The van der Waals surface area contributed by atoms with Gasteiger partial charge in [-0.25, -0.2) is 4.98 Å². The molecule has 0 aliphatic rings. The number of hydrogen-bond donors (Lipinski definition) is 1. The number of hydrogen-bond acceptors (Lipinski definition) is 3. The molecule has 0 aliphatic carbocycles. The summed E-state index contributed by atoms with van der Waals surface area (Å²) in [6.07, 6.45) is 0. The molecular formula is C15H19N3O. The van der Waals surface area contributed by atoms with Crippen molar-refractivity contribution >= 4 is 11.0 Å². The fourth-order valence-electron chi connectivity index (χ4n) is 2.24. The smallest absolute Gasteiger partial charge is 0.141 e. The Morgan fingerprint density at radius 3 is 2.32 bits per heavy atom. The minimum atomic E-state index is -1.03. The summed E-state index contributed by atoms with van der Waals surface area (Å²) in [4.78, 5) is 4.52. The average molecular weight is 257 g/mol. The van der Waals surface area contributed by atoms with Crippen LogP contribution in [0.5, 0.6) is 0 Å². The number of nitrogens with zero attached hydrogens (tertiary/aromatic N) is 3. The molecule has 4 heteroatoms. The van der Waals surface area contributed by atoms with E-state index < -0.39 is 5.60 Å². The Labute approximate surface area is 113 Å². The van der Waals surface area contributed by atoms with Crippen LogP contribution in [0.4, 0.5) is 0 Å². The standard InChI is InChI=1S/C15H19N3O/c1-14(2,3)18-12-7-6-10(9-16)8-11(12)17-13(18)15(4,5)19/h6-8,19H,1-5H3. The van der Waals surface area contributed by atoms with E-state index >= 15 is 0 Å². The van der Waals surface area contributed by atoms with Crippen LogP contribution in [-0.4, -0.2) is 14.7 Å². The number of benzene rings is 1. The van der Waals surface area contributed by atoms with Crippen LogP contribution in [0.25, 0.3) is 11.0 Å². The Bertz CT molecular complexity index is 663. The van der Waals surface area contributed by atoms with Crippen LogP contribution in [-0.2, 0) is 11.1 Å². The van der Waals surface area contributed by atoms with Gasteiger partial charge in [0.2, 0.25) is 0 Å². The summed E-state index contributed by atoms with van der Waals surface area (Å²) in [7, 11) is 0. The number of aliphatic hydroxyl groups is 1. The van der Waals surface area contributed by atoms with Gasteiger partial charge in [-0.05, 0) is 52.8 Å². The quantitative estimate of drug-likeness (QED) is 0.854. The first-order valence-electron chi connectivity index (χ1n) is 6.30. The third-order valence-corrected chi connectivity index (χ3v) is 3.00. The highest BCUT2D eigenvalue weighted by Gasteiger charge is 2.29. The SMILES string of the molecule is CC(C)(O)c1nc2cc(C#N)ccc2n1C(C)(C)C. The molecule has 0 fully saturated rings. The second kappa shape index (κ2) is 4.07. The maximum Gasteiger partial charge on any atom is 0.141 e. The van der Waals surface area contributed by atoms with Gasteiger partial charge in [0.25, 0.3) is 0 Å². The van der Waals surface area contributed by atoms with Gasteiger partial charge in [0.05, 0.1) is 22.7 Å². The van der Waals surface area contributed by atoms with E-state index in [4.69, 9.17) is 5.26 Å². The molecule has 0 aliphatic heterocycles. The van der Waals surface area contributed by atoms with Crippen LogP contribution in [0, 0.1) is 11.3 Å². The zero-order valence-corrected chi connectivity index (χ0v) is 12.0. The van der Waals surface area contributed by atoms with Crippen molar-refractivity contribution < 1.29 is 5.11 Å². The monoisotopic (exact) mass is 257 g/mol. The van der Waals surface area contributed by atoms with Gasteiger partial charge in [0.1, 0.15) is 11.4 Å². The third kappa shape index (κ3) is 2.34. The second-order valence-corrected chi connectivity index (χ2v) is 6.32. The Balaban J connectivity index is 2.86. The molecule has 1 heterocycles. The summed E-state index contributed by atoms with van der Waals surface area (Å²) in [6.45, 7) is 9.66. The van der Waals surface area contributed by atoms with Gasteiger partial charge in [-0.2, -0.15) is 5.26 Å². The van der Waals surface area contributed by atoms with Crippen LogP contribution < -0.4 is 0 Å². The summed E-state index contributed by atoms with van der Waals surface area (Å²) in [5, 5.41) is 19.3. The highest BCUT2D eigenvalue weighted by molar-refractivity contribution is 5.78. The van der Waals surface area contributed by atoms with Crippen molar-refractivity contribution in [2.24, 2.45) is 0 Å². The van der Waals surface area contributed by atoms with Crippen LogP contribution in [0.15, 0.2) is 18.2 Å². The highest BCUT2D eigenvalue weighted by Crippen LogP contribution is 2.31. The van der Waals surface area contributed by atoms with Crippen molar-refractivity contribution in [1.82, 2.24) is 9.55 Å². The normalized spacial score (nSPS) is 12.7. The molecular weight excluding hydrogens is 238 g/mol. The van der Waals surface area contributed by atoms with Gasteiger partial charge in [-0.1, -0.05) is 0 Å². The number of nitriles is 1. The second-order valence-electron chi connectivity index (χ2n) is 6.32. The van der Waals surface area contributed by atoms with Crippen molar-refractivity contribution in [3.63, 3.8) is 0 Å². The van der Waals surface area contributed by atoms with Crippen LogP contribution in [0.2, 0.25) is 0 Å². The lowest BCUT2D eigenvalue weighted by atomic mass is 10.0. The molecule has 0 unspecified atom stereocenters. The van der Waals surface area contributed by atoms with Gasteiger partial charge in [0, 0.05) is 5.54 Å². The Hall–Kier alpha value is -1.86. The molecule has 0 spiro atoms. The average Bonchev–Trinajstić information content (AvgIpc) is 2.66. The molecule has 1 aromatic carbocycles. The van der Waals surface area contributed by atoms with Crippen molar-refractivity contribution in [2.45, 2.75) is 45.8 Å². The van der Waals surface area contributed by atoms with Gasteiger partial charge in [-0.15, -0.1) is 0 Å². The van der Waals surface area contributed by atoms with Crippen LogP contribution >= 0.6 is 0 Å². The molecule has 1 aromatic heterocycles. The minimum absolute atomic E-state index is 0.196. The zero-order valence-electron chi connectivity index (χ0n) is 12.0. The van der Waals surface area contributed by atoms with Crippen LogP contribution in [0.3, 0.4) is 0 Å². The topological polar surface area (TPSA) is 61.8 Å². The fourth-order valence-corrected chi connectivity index (χ4v) is 2.24. The van der Waals surface area contributed by atoms with E-state index in [2.05, 4.69) is 31.8 Å². The predicted octanol–water partition coefficient (Wildman–Crippen LogP) is 2.89. The molecule has 19 heavy (non-hydrogen) atoms. The fraction of sp³-hybridized carbons (Fsp3) is 0.467. The first-order valence-corrected chi connectivity index (χ1v) is 6.30. The number of imidazole rings is 1. The van der Waals surface area contributed by atoms with E-state index in [0.29, 0.717) is 11.4 Å². The summed E-state index contributed by atoms with van der Waals surface area (Å²) < 4.78 is 2.03.